The van der Waals surface area contributed by atoms with E-state index < -0.39 is 17.5 Å². The van der Waals surface area contributed by atoms with Gasteiger partial charge in [0, 0.05) is 19.2 Å². The molecule has 6 heteroatoms. The van der Waals surface area contributed by atoms with Gasteiger partial charge < -0.3 is 15.1 Å². The largest absolute Gasteiger partial charge is 0.395 e. The van der Waals surface area contributed by atoms with Crippen molar-refractivity contribution in [3.8, 4) is 0 Å². The zero-order valence-electron chi connectivity index (χ0n) is 9.99. The fourth-order valence-electron chi connectivity index (χ4n) is 1.55. The third-order valence-corrected chi connectivity index (χ3v) is 2.51. The van der Waals surface area contributed by atoms with Crippen molar-refractivity contribution in [2.45, 2.75) is 6.92 Å². The molecule has 2 N–H and O–H groups in total. The molecule has 0 unspecified atom stereocenters. The first-order valence-corrected chi connectivity index (χ1v) is 5.48. The van der Waals surface area contributed by atoms with Crippen molar-refractivity contribution >= 4 is 5.91 Å². The minimum atomic E-state index is -0.955. The van der Waals surface area contributed by atoms with E-state index in [1.54, 1.807) is 0 Å². The third-order valence-electron chi connectivity index (χ3n) is 2.51. The molecule has 0 fully saturated rings. The number of aliphatic hydroxyl groups excluding tert-OH is 2. The highest BCUT2D eigenvalue weighted by Crippen LogP contribution is 2.16. The molecule has 0 spiro atoms. The van der Waals surface area contributed by atoms with Gasteiger partial charge in [-0.1, -0.05) is 0 Å². The average molecular weight is 259 g/mol. The summed E-state index contributed by atoms with van der Waals surface area (Å²) in [6, 6.07) is 1.77. The van der Waals surface area contributed by atoms with Crippen LogP contribution in [-0.2, 0) is 0 Å². The van der Waals surface area contributed by atoms with Gasteiger partial charge in [0.1, 0.15) is 11.6 Å². The van der Waals surface area contributed by atoms with Crippen LogP contribution >= 0.6 is 0 Å². The highest BCUT2D eigenvalue weighted by molar-refractivity contribution is 5.94. The summed E-state index contributed by atoms with van der Waals surface area (Å²) in [5.41, 5.74) is -0.108. The van der Waals surface area contributed by atoms with E-state index >= 15 is 0 Å². The van der Waals surface area contributed by atoms with Gasteiger partial charge in [0.2, 0.25) is 0 Å². The lowest BCUT2D eigenvalue weighted by Gasteiger charge is -2.21. The molecule has 0 atom stereocenters. The molecule has 1 aromatic rings. The van der Waals surface area contributed by atoms with Crippen molar-refractivity contribution in [2.24, 2.45) is 0 Å². The first-order chi connectivity index (χ1) is 8.51. The standard InChI is InChI=1S/C12H15F2NO3/c1-8-6-9(11(14)7-10(8)13)12(18)15(2-4-16)3-5-17/h6-7,16-17H,2-5H2,1H3. The Hall–Kier alpha value is -1.53. The summed E-state index contributed by atoms with van der Waals surface area (Å²) in [6.45, 7) is 0.791. The number of halogens is 2. The molecule has 0 aliphatic carbocycles. The Kier molecular flexibility index (Phi) is 5.18. The number of carbonyl (C=O) groups excluding carboxylic acids is 1. The molecule has 0 bridgehead atoms. The third kappa shape index (κ3) is 3.24. The van der Waals surface area contributed by atoms with Crippen molar-refractivity contribution < 1.29 is 23.8 Å². The number of hydrogen-bond donors (Lipinski definition) is 2. The number of rotatable bonds is 5. The molecule has 1 amide bonds. The second-order valence-corrected chi connectivity index (χ2v) is 3.82. The molecule has 0 aliphatic heterocycles. The normalized spacial score (nSPS) is 10.5. The van der Waals surface area contributed by atoms with Crippen molar-refractivity contribution in [1.29, 1.82) is 0 Å². The van der Waals surface area contributed by atoms with E-state index in [1.807, 2.05) is 0 Å². The maximum atomic E-state index is 13.5. The van der Waals surface area contributed by atoms with E-state index in [1.165, 1.54) is 6.92 Å². The first kappa shape index (κ1) is 14.5. The summed E-state index contributed by atoms with van der Waals surface area (Å²) in [5, 5.41) is 17.6. The van der Waals surface area contributed by atoms with Crippen LogP contribution in [0.25, 0.3) is 0 Å². The van der Waals surface area contributed by atoms with Crippen molar-refractivity contribution in [1.82, 2.24) is 4.90 Å². The van der Waals surface area contributed by atoms with Gasteiger partial charge in [0.25, 0.3) is 5.91 Å². The highest BCUT2D eigenvalue weighted by Gasteiger charge is 2.20. The minimum absolute atomic E-state index is 0.0186. The molecule has 0 aliphatic rings. The monoisotopic (exact) mass is 259 g/mol. The Balaban J connectivity index is 3.04. The molecule has 18 heavy (non-hydrogen) atoms. The fraction of sp³-hybridized carbons (Fsp3) is 0.417. The molecule has 100 valence electrons. The predicted octanol–water partition coefficient (Wildman–Crippen LogP) is 0.700. The number of aryl methyl sites for hydroxylation is 1. The van der Waals surface area contributed by atoms with E-state index in [-0.39, 0.29) is 37.4 Å². The summed E-state index contributed by atoms with van der Waals surface area (Å²) in [5.74, 6) is -2.36. The number of carbonyl (C=O) groups is 1. The van der Waals surface area contributed by atoms with E-state index in [2.05, 4.69) is 0 Å². The molecular formula is C12H15F2NO3. The number of aliphatic hydroxyl groups is 2. The van der Waals surface area contributed by atoms with E-state index in [0.717, 1.165) is 11.0 Å². The molecule has 1 aromatic carbocycles. The van der Waals surface area contributed by atoms with Crippen LogP contribution in [0.5, 0.6) is 0 Å². The number of hydrogen-bond acceptors (Lipinski definition) is 3. The van der Waals surface area contributed by atoms with Crippen molar-refractivity contribution in [3.63, 3.8) is 0 Å². The van der Waals surface area contributed by atoms with Crippen molar-refractivity contribution in [3.05, 3.63) is 34.9 Å². The fourth-order valence-corrected chi connectivity index (χ4v) is 1.55. The van der Waals surface area contributed by atoms with E-state index in [9.17, 15) is 13.6 Å². The van der Waals surface area contributed by atoms with Crippen LogP contribution in [0.2, 0.25) is 0 Å². The average Bonchev–Trinajstić information content (AvgIpc) is 2.33. The lowest BCUT2D eigenvalue weighted by molar-refractivity contribution is 0.0680. The van der Waals surface area contributed by atoms with Crippen LogP contribution in [0.1, 0.15) is 15.9 Å². The molecule has 1 rings (SSSR count). The zero-order valence-corrected chi connectivity index (χ0v) is 9.99. The van der Waals surface area contributed by atoms with Gasteiger partial charge in [-0.25, -0.2) is 8.78 Å². The van der Waals surface area contributed by atoms with E-state index in [0.29, 0.717) is 6.07 Å². The van der Waals surface area contributed by atoms with Gasteiger partial charge in [0.15, 0.2) is 0 Å². The van der Waals surface area contributed by atoms with E-state index in [4.69, 9.17) is 10.2 Å². The van der Waals surface area contributed by atoms with Gasteiger partial charge in [-0.05, 0) is 18.6 Å². The van der Waals surface area contributed by atoms with Gasteiger partial charge in [-0.3, -0.25) is 4.79 Å². The molecular weight excluding hydrogens is 244 g/mol. The summed E-state index contributed by atoms with van der Waals surface area (Å²) < 4.78 is 26.6. The lowest BCUT2D eigenvalue weighted by Crippen LogP contribution is -2.36. The van der Waals surface area contributed by atoms with Crippen LogP contribution in [-0.4, -0.2) is 47.3 Å². The maximum absolute atomic E-state index is 13.5. The van der Waals surface area contributed by atoms with Crippen LogP contribution in [0, 0.1) is 18.6 Å². The molecule has 0 radical (unpaired) electrons. The zero-order chi connectivity index (χ0) is 13.7. The molecule has 0 saturated carbocycles. The topological polar surface area (TPSA) is 60.8 Å². The first-order valence-electron chi connectivity index (χ1n) is 5.48. The van der Waals surface area contributed by atoms with Gasteiger partial charge in [-0.15, -0.1) is 0 Å². The Morgan fingerprint density at radius 3 is 2.22 bits per heavy atom. The van der Waals surface area contributed by atoms with Gasteiger partial charge >= 0.3 is 0 Å². The Bertz CT molecular complexity index is 432. The SMILES string of the molecule is Cc1cc(C(=O)N(CCO)CCO)c(F)cc1F. The second-order valence-electron chi connectivity index (χ2n) is 3.82. The Morgan fingerprint density at radius 1 is 1.17 bits per heavy atom. The number of benzene rings is 1. The Morgan fingerprint density at radius 2 is 1.72 bits per heavy atom. The summed E-state index contributed by atoms with van der Waals surface area (Å²) in [7, 11) is 0. The maximum Gasteiger partial charge on any atom is 0.256 e. The molecule has 4 nitrogen and oxygen atoms in total. The van der Waals surface area contributed by atoms with Crippen LogP contribution in [0.3, 0.4) is 0 Å². The minimum Gasteiger partial charge on any atom is -0.395 e. The van der Waals surface area contributed by atoms with Gasteiger partial charge in [0.05, 0.1) is 18.8 Å². The van der Waals surface area contributed by atoms with Crippen LogP contribution < -0.4 is 0 Å². The summed E-state index contributed by atoms with van der Waals surface area (Å²) >= 11 is 0. The lowest BCUT2D eigenvalue weighted by atomic mass is 10.1. The predicted molar refractivity (Wildman–Crippen MR) is 61.2 cm³/mol. The molecule has 0 aromatic heterocycles. The highest BCUT2D eigenvalue weighted by atomic mass is 19.1. The van der Waals surface area contributed by atoms with Gasteiger partial charge in [-0.2, -0.15) is 0 Å². The number of nitrogens with zero attached hydrogens (tertiary/aromatic N) is 1. The smallest absolute Gasteiger partial charge is 0.256 e. The molecule has 0 saturated heterocycles. The van der Waals surface area contributed by atoms with Crippen molar-refractivity contribution in [2.75, 3.05) is 26.3 Å². The number of amides is 1. The molecule has 0 heterocycles. The summed E-state index contributed by atoms with van der Waals surface area (Å²) in [6.07, 6.45) is 0. The quantitative estimate of drug-likeness (QED) is 0.818. The second kappa shape index (κ2) is 6.42. The van der Waals surface area contributed by atoms with Crippen LogP contribution in [0.4, 0.5) is 8.78 Å². The van der Waals surface area contributed by atoms with Crippen LogP contribution in [0.15, 0.2) is 12.1 Å². The Labute approximate surface area is 103 Å². The summed E-state index contributed by atoms with van der Waals surface area (Å²) in [4.78, 5) is 13.1.